The molecular weight excluding hydrogens is 892 g/mol. The van der Waals surface area contributed by atoms with Gasteiger partial charge < -0.3 is 9.80 Å². The highest BCUT2D eigenvalue weighted by Gasteiger charge is 2.54. The summed E-state index contributed by atoms with van der Waals surface area (Å²) in [5.74, 6) is 0. The summed E-state index contributed by atoms with van der Waals surface area (Å²) in [5.41, 5.74) is 35.7. The minimum atomic E-state index is -0.398. The molecule has 0 amide bonds. The number of rotatable bonds is 2. The van der Waals surface area contributed by atoms with Crippen molar-refractivity contribution in [2.24, 2.45) is 0 Å². The van der Waals surface area contributed by atoms with E-state index in [1.165, 1.54) is 156 Å². The van der Waals surface area contributed by atoms with E-state index >= 15 is 0 Å². The molecule has 74 heavy (non-hydrogen) atoms. The van der Waals surface area contributed by atoms with Crippen LogP contribution in [0.3, 0.4) is 0 Å². The van der Waals surface area contributed by atoms with E-state index in [1.807, 2.05) is 0 Å². The Labute approximate surface area is 432 Å². The maximum atomic E-state index is 2.60. The first-order valence-corrected chi connectivity index (χ1v) is 26.3. The second-order valence-electron chi connectivity index (χ2n) is 21.7. The van der Waals surface area contributed by atoms with Gasteiger partial charge in [-0.05, 0) is 180 Å². The molecule has 0 atom stereocenters. The Morgan fingerprint density at radius 3 is 0.932 bits per heavy atom. The summed E-state index contributed by atoms with van der Waals surface area (Å²) in [6.45, 7) is 6.82. The first-order chi connectivity index (χ1) is 36.4. The highest BCUT2D eigenvalue weighted by atomic mass is 15.2. The lowest BCUT2D eigenvalue weighted by molar-refractivity contribution is 0.794. The van der Waals surface area contributed by atoms with Crippen molar-refractivity contribution in [3.8, 4) is 44.5 Å². The summed E-state index contributed by atoms with van der Waals surface area (Å²) in [5, 5.41) is 0. The van der Waals surface area contributed by atoms with Crippen LogP contribution >= 0.6 is 0 Å². The lowest BCUT2D eigenvalue weighted by Crippen LogP contribution is -2.61. The number of hydrogen-bond donors (Lipinski definition) is 0. The molecule has 6 aliphatic rings. The van der Waals surface area contributed by atoms with Crippen LogP contribution in [0.25, 0.3) is 44.5 Å². The highest BCUT2D eigenvalue weighted by Crippen LogP contribution is 2.65. The molecule has 2 nitrogen and oxygen atoms in total. The highest BCUT2D eigenvalue weighted by molar-refractivity contribution is 7.00. The fourth-order valence-corrected chi connectivity index (χ4v) is 15.4. The molecule has 0 bridgehead atoms. The van der Waals surface area contributed by atoms with E-state index in [-0.39, 0.29) is 6.71 Å². The van der Waals surface area contributed by atoms with E-state index in [9.17, 15) is 0 Å². The molecule has 344 valence electrons. The van der Waals surface area contributed by atoms with Gasteiger partial charge in [0.25, 0.3) is 6.71 Å². The molecule has 11 aromatic carbocycles. The Morgan fingerprint density at radius 1 is 0.270 bits per heavy atom. The summed E-state index contributed by atoms with van der Waals surface area (Å²) >= 11 is 0. The third-order valence-electron chi connectivity index (χ3n) is 18.0. The second kappa shape index (κ2) is 14.2. The number of anilines is 6. The van der Waals surface area contributed by atoms with Crippen LogP contribution in [-0.4, -0.2) is 6.71 Å². The van der Waals surface area contributed by atoms with Crippen molar-refractivity contribution in [3.05, 3.63) is 292 Å². The molecule has 2 heterocycles. The number of hydrogen-bond acceptors (Lipinski definition) is 2. The zero-order valence-electron chi connectivity index (χ0n) is 41.4. The molecule has 2 spiro atoms. The summed E-state index contributed by atoms with van der Waals surface area (Å²) in [4.78, 5) is 5.19. The van der Waals surface area contributed by atoms with Crippen molar-refractivity contribution in [2.75, 3.05) is 9.80 Å². The molecule has 0 unspecified atom stereocenters. The van der Waals surface area contributed by atoms with Crippen LogP contribution in [0, 0.1) is 20.8 Å². The van der Waals surface area contributed by atoms with E-state index in [4.69, 9.17) is 0 Å². The van der Waals surface area contributed by atoms with Crippen LogP contribution in [0.1, 0.15) is 61.2 Å². The van der Waals surface area contributed by atoms with Gasteiger partial charge in [-0.15, -0.1) is 0 Å². The van der Waals surface area contributed by atoms with Crippen LogP contribution in [-0.2, 0) is 10.8 Å². The minimum Gasteiger partial charge on any atom is -0.311 e. The fraction of sp³-hybridized carbons (Fsp3) is 0.0704. The van der Waals surface area contributed by atoms with E-state index in [0.29, 0.717) is 0 Å². The van der Waals surface area contributed by atoms with Gasteiger partial charge in [-0.2, -0.15) is 0 Å². The van der Waals surface area contributed by atoms with Gasteiger partial charge in [0.2, 0.25) is 0 Å². The van der Waals surface area contributed by atoms with Crippen LogP contribution in [0.2, 0.25) is 0 Å². The van der Waals surface area contributed by atoms with Crippen molar-refractivity contribution in [1.82, 2.24) is 0 Å². The Morgan fingerprint density at radius 2 is 0.581 bits per heavy atom. The van der Waals surface area contributed by atoms with Gasteiger partial charge in [0, 0.05) is 34.1 Å². The van der Waals surface area contributed by atoms with Gasteiger partial charge in [-0.1, -0.05) is 193 Å². The van der Waals surface area contributed by atoms with E-state index in [1.54, 1.807) is 0 Å². The Balaban J connectivity index is 0.896. The van der Waals surface area contributed by atoms with Crippen LogP contribution < -0.4 is 26.2 Å². The zero-order valence-corrected chi connectivity index (χ0v) is 41.4. The molecule has 0 radical (unpaired) electrons. The van der Waals surface area contributed by atoms with Crippen LogP contribution in [0.4, 0.5) is 34.1 Å². The smallest absolute Gasteiger partial charge is 0.252 e. The Kier molecular flexibility index (Phi) is 7.79. The molecular formula is C71H47BN2. The Bertz CT molecular complexity index is 3980. The quantitative estimate of drug-likeness (QED) is 0.159. The number of nitrogens with zero attached hydrogens (tertiary/aromatic N) is 2. The van der Waals surface area contributed by atoms with Gasteiger partial charge in [-0.25, -0.2) is 0 Å². The SMILES string of the molecule is Cc1ccc2c(c1)B1c3cc(C)ccc3N(c3ccc4c(c3)-c3ccccc3C43c4ccccc4-c4ccccc43)c3cc(C)cc(c31)N2c1ccc2c(c1)-c1ccccc1C21c2ccccc2-c2ccccc21. The third kappa shape index (κ3) is 4.80. The topological polar surface area (TPSA) is 6.48 Å². The van der Waals surface area contributed by atoms with Gasteiger partial charge >= 0.3 is 0 Å². The molecule has 3 heteroatoms. The average Bonchev–Trinajstić information content (AvgIpc) is 4.21. The van der Waals surface area contributed by atoms with Gasteiger partial charge in [0.15, 0.2) is 0 Å². The van der Waals surface area contributed by atoms with E-state index in [0.717, 1.165) is 0 Å². The predicted octanol–water partition coefficient (Wildman–Crippen LogP) is 15.4. The molecule has 4 aliphatic carbocycles. The predicted molar refractivity (Wildman–Crippen MR) is 307 cm³/mol. The minimum absolute atomic E-state index is 0.0349. The van der Waals surface area contributed by atoms with Gasteiger partial charge in [0.05, 0.1) is 10.8 Å². The molecule has 17 rings (SSSR count). The largest absolute Gasteiger partial charge is 0.311 e. The summed E-state index contributed by atoms with van der Waals surface area (Å²) in [7, 11) is 0. The monoisotopic (exact) mass is 938 g/mol. The summed E-state index contributed by atoms with van der Waals surface area (Å²) < 4.78 is 0. The average molecular weight is 939 g/mol. The molecule has 2 aliphatic heterocycles. The van der Waals surface area contributed by atoms with E-state index in [2.05, 4.69) is 261 Å². The standard InChI is InChI=1S/C71H47BN2/c1-42-28-34-65-63(36-42)72-64-37-43(2)29-35-66(64)74(46-31-33-62-54(41-46)52-21-9-15-27-60(52)71(62)57-24-12-6-18-49(57)50-19-7-13-25-58(50)71)68-39-44(3)38-67(69(68)72)73(65)45-30-32-61-53(40-45)51-20-8-14-26-59(51)70(61)55-22-10-4-16-47(55)48-17-5-11-23-56(48)70/h4-41H,1-3H3. The van der Waals surface area contributed by atoms with Crippen molar-refractivity contribution in [1.29, 1.82) is 0 Å². The Hall–Kier alpha value is -8.92. The maximum Gasteiger partial charge on any atom is 0.252 e. The normalized spacial score (nSPS) is 15.1. The maximum absolute atomic E-state index is 2.60. The van der Waals surface area contributed by atoms with Crippen molar-refractivity contribution in [2.45, 2.75) is 31.6 Å². The van der Waals surface area contributed by atoms with Crippen LogP contribution in [0.5, 0.6) is 0 Å². The molecule has 11 aromatic rings. The van der Waals surface area contributed by atoms with Crippen molar-refractivity contribution < 1.29 is 0 Å². The third-order valence-corrected chi connectivity index (χ3v) is 18.0. The second-order valence-corrected chi connectivity index (χ2v) is 21.7. The molecule has 0 fully saturated rings. The lowest BCUT2D eigenvalue weighted by atomic mass is 9.33. The van der Waals surface area contributed by atoms with Gasteiger partial charge in [0.1, 0.15) is 0 Å². The molecule has 0 saturated heterocycles. The van der Waals surface area contributed by atoms with Crippen LogP contribution in [0.15, 0.2) is 231 Å². The summed E-state index contributed by atoms with van der Waals surface area (Å²) in [6, 6.07) is 88.8. The summed E-state index contributed by atoms with van der Waals surface area (Å²) in [6.07, 6.45) is 0. The number of aryl methyl sites for hydroxylation is 3. The zero-order chi connectivity index (χ0) is 48.8. The fourth-order valence-electron chi connectivity index (χ4n) is 15.4. The first kappa shape index (κ1) is 40.7. The number of benzene rings is 11. The first-order valence-electron chi connectivity index (χ1n) is 26.3. The van der Waals surface area contributed by atoms with Crippen molar-refractivity contribution >= 4 is 57.2 Å². The van der Waals surface area contributed by atoms with E-state index < -0.39 is 10.8 Å². The molecule has 0 N–H and O–H groups in total. The van der Waals surface area contributed by atoms with Gasteiger partial charge in [-0.3, -0.25) is 0 Å². The molecule has 0 saturated carbocycles. The lowest BCUT2D eigenvalue weighted by Gasteiger charge is -2.44. The number of fused-ring (bicyclic) bond motifs is 24. The van der Waals surface area contributed by atoms with Crippen molar-refractivity contribution in [3.63, 3.8) is 0 Å². The molecule has 0 aromatic heterocycles.